The Hall–Kier alpha value is -1.75. The number of nitrogens with zero attached hydrogens (tertiary/aromatic N) is 1. The minimum absolute atomic E-state index is 0.00202. The molecule has 3 rings (SSSR count). The zero-order valence-electron chi connectivity index (χ0n) is 12.4. The van der Waals surface area contributed by atoms with E-state index in [2.05, 4.69) is 0 Å². The maximum absolute atomic E-state index is 12.8. The molecule has 5 heteroatoms. The van der Waals surface area contributed by atoms with E-state index in [4.69, 9.17) is 15.2 Å². The molecule has 5 nitrogen and oxygen atoms in total. The molecular weight excluding hydrogens is 268 g/mol. The van der Waals surface area contributed by atoms with Crippen molar-refractivity contribution in [3.05, 3.63) is 23.8 Å². The van der Waals surface area contributed by atoms with Gasteiger partial charge in [-0.05, 0) is 37.8 Å². The summed E-state index contributed by atoms with van der Waals surface area (Å²) in [5.41, 5.74) is 6.52. The molecule has 1 saturated carbocycles. The summed E-state index contributed by atoms with van der Waals surface area (Å²) in [6, 6.07) is 6.03. The van der Waals surface area contributed by atoms with Gasteiger partial charge in [0.2, 0.25) is 0 Å². The van der Waals surface area contributed by atoms with Gasteiger partial charge in [-0.15, -0.1) is 0 Å². The van der Waals surface area contributed by atoms with Crippen molar-refractivity contribution in [3.8, 4) is 11.5 Å². The van der Waals surface area contributed by atoms with Crippen molar-refractivity contribution in [2.24, 2.45) is 5.73 Å². The second kappa shape index (κ2) is 5.93. The first-order valence-electron chi connectivity index (χ1n) is 7.58. The quantitative estimate of drug-likeness (QED) is 0.902. The van der Waals surface area contributed by atoms with Gasteiger partial charge < -0.3 is 20.1 Å². The molecule has 21 heavy (non-hydrogen) atoms. The van der Waals surface area contributed by atoms with Crippen molar-refractivity contribution in [2.45, 2.75) is 37.8 Å². The van der Waals surface area contributed by atoms with Crippen LogP contribution in [0.3, 0.4) is 0 Å². The van der Waals surface area contributed by atoms with E-state index in [9.17, 15) is 4.79 Å². The second-order valence-electron chi connectivity index (χ2n) is 5.81. The van der Waals surface area contributed by atoms with E-state index in [0.29, 0.717) is 30.3 Å². The zero-order chi connectivity index (χ0) is 14.8. The summed E-state index contributed by atoms with van der Waals surface area (Å²) >= 11 is 0. The Morgan fingerprint density at radius 3 is 2.67 bits per heavy atom. The third-order valence-corrected chi connectivity index (χ3v) is 4.41. The third kappa shape index (κ3) is 2.83. The molecule has 1 aromatic rings. The van der Waals surface area contributed by atoms with E-state index in [1.807, 2.05) is 24.1 Å². The van der Waals surface area contributed by atoms with Crippen LogP contribution in [-0.4, -0.2) is 43.2 Å². The number of amides is 1. The molecule has 0 aromatic heterocycles. The molecule has 0 radical (unpaired) electrons. The molecule has 0 saturated heterocycles. The molecule has 1 fully saturated rings. The second-order valence-corrected chi connectivity index (χ2v) is 5.81. The van der Waals surface area contributed by atoms with Crippen LogP contribution in [0.5, 0.6) is 11.5 Å². The Morgan fingerprint density at radius 1 is 1.19 bits per heavy atom. The van der Waals surface area contributed by atoms with Crippen molar-refractivity contribution in [3.63, 3.8) is 0 Å². The first-order valence-corrected chi connectivity index (χ1v) is 7.58. The SMILES string of the molecule is CN(C(=O)c1cccc2c1OCCO2)C1CCC(N)CC1. The average Bonchev–Trinajstić information content (AvgIpc) is 2.53. The Morgan fingerprint density at radius 2 is 1.90 bits per heavy atom. The van der Waals surface area contributed by atoms with E-state index in [1.165, 1.54) is 0 Å². The van der Waals surface area contributed by atoms with E-state index >= 15 is 0 Å². The molecule has 0 unspecified atom stereocenters. The van der Waals surface area contributed by atoms with Gasteiger partial charge in [-0.25, -0.2) is 0 Å². The Balaban J connectivity index is 1.78. The van der Waals surface area contributed by atoms with Crippen LogP contribution < -0.4 is 15.2 Å². The van der Waals surface area contributed by atoms with Crippen molar-refractivity contribution in [2.75, 3.05) is 20.3 Å². The van der Waals surface area contributed by atoms with Gasteiger partial charge in [0.05, 0.1) is 5.56 Å². The minimum Gasteiger partial charge on any atom is -0.486 e. The summed E-state index contributed by atoms with van der Waals surface area (Å²) in [6.07, 6.45) is 3.90. The number of carbonyl (C=O) groups excluding carboxylic acids is 1. The van der Waals surface area contributed by atoms with Gasteiger partial charge in [0.15, 0.2) is 11.5 Å². The topological polar surface area (TPSA) is 64.8 Å². The molecule has 1 aliphatic carbocycles. The first-order chi connectivity index (χ1) is 10.2. The standard InChI is InChI=1S/C16H22N2O3/c1-18(12-7-5-11(17)6-8-12)16(19)13-3-2-4-14-15(13)21-10-9-20-14/h2-4,11-12H,5-10,17H2,1H3. The monoisotopic (exact) mass is 290 g/mol. The molecule has 2 aliphatic rings. The normalized spacial score (nSPS) is 24.5. The molecule has 1 aromatic carbocycles. The lowest BCUT2D eigenvalue weighted by molar-refractivity contribution is 0.0680. The highest BCUT2D eigenvalue weighted by molar-refractivity contribution is 5.98. The van der Waals surface area contributed by atoms with Crippen LogP contribution in [0.1, 0.15) is 36.0 Å². The van der Waals surface area contributed by atoms with Crippen LogP contribution >= 0.6 is 0 Å². The molecule has 1 amide bonds. The molecule has 0 bridgehead atoms. The number of hydrogen-bond donors (Lipinski definition) is 1. The van der Waals surface area contributed by atoms with Crippen molar-refractivity contribution >= 4 is 5.91 Å². The largest absolute Gasteiger partial charge is 0.486 e. The highest BCUT2D eigenvalue weighted by Crippen LogP contribution is 2.35. The maximum Gasteiger partial charge on any atom is 0.257 e. The molecule has 0 spiro atoms. The number of rotatable bonds is 2. The van der Waals surface area contributed by atoms with Gasteiger partial charge >= 0.3 is 0 Å². The van der Waals surface area contributed by atoms with Crippen LogP contribution in [0.25, 0.3) is 0 Å². The van der Waals surface area contributed by atoms with Crippen LogP contribution in [0.4, 0.5) is 0 Å². The van der Waals surface area contributed by atoms with Gasteiger partial charge in [-0.1, -0.05) is 6.07 Å². The van der Waals surface area contributed by atoms with Gasteiger partial charge in [-0.3, -0.25) is 4.79 Å². The third-order valence-electron chi connectivity index (χ3n) is 4.41. The molecular formula is C16H22N2O3. The van der Waals surface area contributed by atoms with Crippen LogP contribution in [0.2, 0.25) is 0 Å². The fraction of sp³-hybridized carbons (Fsp3) is 0.562. The maximum atomic E-state index is 12.8. The van der Waals surface area contributed by atoms with Crippen molar-refractivity contribution in [1.82, 2.24) is 4.90 Å². The number of ether oxygens (including phenoxy) is 2. The minimum atomic E-state index is -0.00202. The fourth-order valence-corrected chi connectivity index (χ4v) is 3.09. The number of benzene rings is 1. The summed E-state index contributed by atoms with van der Waals surface area (Å²) in [5.74, 6) is 1.23. The van der Waals surface area contributed by atoms with Crippen LogP contribution in [0, 0.1) is 0 Å². The number of carbonyl (C=O) groups is 1. The summed E-state index contributed by atoms with van der Waals surface area (Å²) in [7, 11) is 1.87. The highest BCUT2D eigenvalue weighted by atomic mass is 16.6. The Labute approximate surface area is 125 Å². The smallest absolute Gasteiger partial charge is 0.257 e. The summed E-state index contributed by atoms with van der Waals surface area (Å²) < 4.78 is 11.2. The van der Waals surface area contributed by atoms with E-state index in [-0.39, 0.29) is 18.0 Å². The summed E-state index contributed by atoms with van der Waals surface area (Å²) in [5, 5.41) is 0. The molecule has 1 aliphatic heterocycles. The average molecular weight is 290 g/mol. The van der Waals surface area contributed by atoms with Crippen LogP contribution in [-0.2, 0) is 0 Å². The lowest BCUT2D eigenvalue weighted by Crippen LogP contribution is -2.42. The molecule has 0 atom stereocenters. The molecule has 114 valence electrons. The molecule has 2 N–H and O–H groups in total. The Kier molecular flexibility index (Phi) is 4.01. The lowest BCUT2D eigenvalue weighted by atomic mass is 9.90. The number of fused-ring (bicyclic) bond motifs is 1. The van der Waals surface area contributed by atoms with Gasteiger partial charge in [0, 0.05) is 19.1 Å². The Bertz CT molecular complexity index is 524. The summed E-state index contributed by atoms with van der Waals surface area (Å²) in [4.78, 5) is 14.6. The van der Waals surface area contributed by atoms with Gasteiger partial charge in [0.25, 0.3) is 5.91 Å². The van der Waals surface area contributed by atoms with Crippen LogP contribution in [0.15, 0.2) is 18.2 Å². The molecule has 1 heterocycles. The fourth-order valence-electron chi connectivity index (χ4n) is 3.09. The zero-order valence-corrected chi connectivity index (χ0v) is 12.4. The van der Waals surface area contributed by atoms with Gasteiger partial charge in [0.1, 0.15) is 13.2 Å². The van der Waals surface area contributed by atoms with Gasteiger partial charge in [-0.2, -0.15) is 0 Å². The highest BCUT2D eigenvalue weighted by Gasteiger charge is 2.28. The van der Waals surface area contributed by atoms with Crippen molar-refractivity contribution < 1.29 is 14.3 Å². The number of para-hydroxylation sites is 1. The predicted octanol–water partition coefficient (Wildman–Crippen LogP) is 1.80. The van der Waals surface area contributed by atoms with Crippen molar-refractivity contribution in [1.29, 1.82) is 0 Å². The number of nitrogens with two attached hydrogens (primary N) is 1. The summed E-state index contributed by atoms with van der Waals surface area (Å²) in [6.45, 7) is 1.01. The van der Waals surface area contributed by atoms with E-state index in [0.717, 1.165) is 25.7 Å². The van der Waals surface area contributed by atoms with E-state index in [1.54, 1.807) is 6.07 Å². The first kappa shape index (κ1) is 14.2. The predicted molar refractivity (Wildman–Crippen MR) is 79.8 cm³/mol. The number of hydrogen-bond acceptors (Lipinski definition) is 4. The van der Waals surface area contributed by atoms with E-state index < -0.39 is 0 Å². The lowest BCUT2D eigenvalue weighted by Gasteiger charge is -2.34.